The topological polar surface area (TPSA) is 126 Å². The molecule has 0 amide bonds. The Kier molecular flexibility index (Phi) is 3.81. The maximum Gasteiger partial charge on any atom is 0.192 e. The second-order valence-electron chi connectivity index (χ2n) is 2.93. The molecule has 3 atom stereocenters. The molecule has 0 saturated carbocycles. The number of nitrogens with two attached hydrogens (primary N) is 2. The van der Waals surface area contributed by atoms with Crippen molar-refractivity contribution in [3.05, 3.63) is 0 Å². The summed E-state index contributed by atoms with van der Waals surface area (Å²) in [6.07, 6.45) is -0.253. The van der Waals surface area contributed by atoms with Gasteiger partial charge in [-0.05, 0) is 0 Å². The number of aliphatic hydroxyl groups is 2. The highest BCUT2D eigenvalue weighted by Crippen LogP contribution is 2.20. The van der Waals surface area contributed by atoms with Gasteiger partial charge in [0.05, 0.1) is 12.7 Å². The molecule has 0 bridgehead atoms. The predicted octanol–water partition coefficient (Wildman–Crippen LogP) is -2.24. The molecule has 80 valence electrons. The Morgan fingerprint density at radius 1 is 1.57 bits per heavy atom. The van der Waals surface area contributed by atoms with Gasteiger partial charge >= 0.3 is 0 Å². The average Bonchev–Trinajstić information content (AvgIpc) is 2.45. The molecule has 3 unspecified atom stereocenters. The summed E-state index contributed by atoms with van der Waals surface area (Å²) >= 11 is 0. The third kappa shape index (κ3) is 2.95. The van der Waals surface area contributed by atoms with E-state index in [2.05, 4.69) is 9.98 Å². The summed E-state index contributed by atoms with van der Waals surface area (Å²) in [5, 5.41) is 18.1. The van der Waals surface area contributed by atoms with Gasteiger partial charge in [-0.15, -0.1) is 0 Å². The van der Waals surface area contributed by atoms with Crippen LogP contribution < -0.4 is 11.5 Å². The smallest absolute Gasteiger partial charge is 0.192 e. The molecule has 1 heterocycles. The van der Waals surface area contributed by atoms with E-state index >= 15 is 0 Å². The highest BCUT2D eigenvalue weighted by Gasteiger charge is 2.32. The molecule has 0 spiro atoms. The van der Waals surface area contributed by atoms with E-state index < -0.39 is 18.4 Å². The minimum absolute atomic E-state index is 0.0917. The van der Waals surface area contributed by atoms with Crippen molar-refractivity contribution in [3.63, 3.8) is 0 Å². The Balaban J connectivity index is 2.42. The van der Waals surface area contributed by atoms with Crippen LogP contribution in [0.4, 0.5) is 0 Å². The third-order valence-corrected chi connectivity index (χ3v) is 1.82. The lowest BCUT2D eigenvalue weighted by molar-refractivity contribution is -0.0192. The van der Waals surface area contributed by atoms with E-state index in [-0.39, 0.29) is 12.6 Å². The Bertz CT molecular complexity index is 239. The minimum atomic E-state index is -0.693. The Morgan fingerprint density at radius 3 is 2.79 bits per heavy atom. The van der Waals surface area contributed by atoms with Gasteiger partial charge in [-0.1, -0.05) is 0 Å². The Labute approximate surface area is 81.1 Å². The number of nitrogens with zero attached hydrogens (tertiary/aromatic N) is 2. The number of guanidine groups is 1. The van der Waals surface area contributed by atoms with Crippen LogP contribution in [-0.2, 0) is 4.74 Å². The lowest BCUT2D eigenvalue weighted by atomic mass is 10.2. The molecule has 0 radical (unpaired) electrons. The van der Waals surface area contributed by atoms with E-state index in [9.17, 15) is 5.11 Å². The van der Waals surface area contributed by atoms with Crippen LogP contribution in [0.15, 0.2) is 9.98 Å². The molecule has 6 N–H and O–H groups in total. The molecule has 7 heteroatoms. The van der Waals surface area contributed by atoms with Crippen LogP contribution in [0.2, 0.25) is 0 Å². The maximum atomic E-state index is 9.32. The van der Waals surface area contributed by atoms with Gasteiger partial charge in [0.25, 0.3) is 0 Å². The van der Waals surface area contributed by atoms with Crippen LogP contribution in [0.1, 0.15) is 6.42 Å². The summed E-state index contributed by atoms with van der Waals surface area (Å²) in [5.74, 6) is -0.0917. The number of rotatable bonds is 3. The van der Waals surface area contributed by atoms with E-state index in [0.717, 1.165) is 0 Å². The van der Waals surface area contributed by atoms with Gasteiger partial charge in [-0.25, -0.2) is 9.98 Å². The standard InChI is InChI=1S/C7H14N4O3/c8-7(9)11-3-10-6-1-4(13)5(2-12)14-6/h3-6,12-13H,1-2H2,(H4,8,9,10,11). The van der Waals surface area contributed by atoms with E-state index in [1.807, 2.05) is 0 Å². The summed E-state index contributed by atoms with van der Waals surface area (Å²) in [5.41, 5.74) is 10.1. The third-order valence-electron chi connectivity index (χ3n) is 1.82. The van der Waals surface area contributed by atoms with E-state index in [0.29, 0.717) is 6.42 Å². The zero-order valence-electron chi connectivity index (χ0n) is 7.58. The second kappa shape index (κ2) is 4.89. The zero-order chi connectivity index (χ0) is 10.6. The zero-order valence-corrected chi connectivity index (χ0v) is 7.58. The lowest BCUT2D eigenvalue weighted by Crippen LogP contribution is -2.24. The lowest BCUT2D eigenvalue weighted by Gasteiger charge is -2.08. The first-order valence-corrected chi connectivity index (χ1v) is 4.18. The quantitative estimate of drug-likeness (QED) is 0.304. The molecule has 1 aliphatic rings. The summed E-state index contributed by atoms with van der Waals surface area (Å²) < 4.78 is 5.16. The summed E-state index contributed by atoms with van der Waals surface area (Å²) in [4.78, 5) is 7.37. The summed E-state index contributed by atoms with van der Waals surface area (Å²) in [6, 6.07) is 0. The van der Waals surface area contributed by atoms with Crippen molar-refractivity contribution in [2.75, 3.05) is 6.61 Å². The van der Waals surface area contributed by atoms with Crippen LogP contribution in [0.3, 0.4) is 0 Å². The molecule has 1 rings (SSSR count). The first kappa shape index (κ1) is 10.9. The van der Waals surface area contributed by atoms with E-state index in [1.165, 1.54) is 6.34 Å². The van der Waals surface area contributed by atoms with Crippen molar-refractivity contribution >= 4 is 12.3 Å². The fourth-order valence-corrected chi connectivity index (χ4v) is 1.14. The molecule has 0 aromatic carbocycles. The van der Waals surface area contributed by atoms with Crippen LogP contribution in [0.25, 0.3) is 0 Å². The van der Waals surface area contributed by atoms with Crippen molar-refractivity contribution in [1.29, 1.82) is 0 Å². The SMILES string of the molecule is NC(N)=N/C=N/C1CC(O)C(CO)O1. The number of hydrogen-bond donors (Lipinski definition) is 4. The normalized spacial score (nSPS) is 32.3. The minimum Gasteiger partial charge on any atom is -0.394 e. The van der Waals surface area contributed by atoms with Crippen molar-refractivity contribution in [2.45, 2.75) is 24.9 Å². The second-order valence-corrected chi connectivity index (χ2v) is 2.93. The molecule has 0 aromatic rings. The fourth-order valence-electron chi connectivity index (χ4n) is 1.14. The number of aliphatic hydroxyl groups excluding tert-OH is 2. The van der Waals surface area contributed by atoms with Gasteiger partial charge in [0.2, 0.25) is 0 Å². The van der Waals surface area contributed by atoms with Gasteiger partial charge < -0.3 is 26.4 Å². The molecule has 1 aliphatic heterocycles. The van der Waals surface area contributed by atoms with Gasteiger partial charge in [-0.3, -0.25) is 0 Å². The molecular formula is C7H14N4O3. The monoisotopic (exact) mass is 202 g/mol. The summed E-state index contributed by atoms with van der Waals surface area (Å²) in [7, 11) is 0. The van der Waals surface area contributed by atoms with Crippen LogP contribution in [-0.4, -0.2) is 47.6 Å². The highest BCUT2D eigenvalue weighted by molar-refractivity contribution is 5.83. The molecule has 0 aliphatic carbocycles. The van der Waals surface area contributed by atoms with E-state index in [4.69, 9.17) is 21.3 Å². The molecule has 1 fully saturated rings. The summed E-state index contributed by atoms with van der Waals surface area (Å²) in [6.45, 7) is -0.227. The van der Waals surface area contributed by atoms with E-state index in [1.54, 1.807) is 0 Å². The van der Waals surface area contributed by atoms with Crippen LogP contribution in [0, 0.1) is 0 Å². The largest absolute Gasteiger partial charge is 0.394 e. The van der Waals surface area contributed by atoms with Crippen LogP contribution >= 0.6 is 0 Å². The van der Waals surface area contributed by atoms with Gasteiger partial charge in [-0.2, -0.15) is 0 Å². The molecular weight excluding hydrogens is 188 g/mol. The first-order valence-electron chi connectivity index (χ1n) is 4.18. The molecule has 14 heavy (non-hydrogen) atoms. The molecule has 0 aromatic heterocycles. The number of hydrogen-bond acceptors (Lipinski definition) is 4. The van der Waals surface area contributed by atoms with Crippen molar-refractivity contribution in [3.8, 4) is 0 Å². The molecule has 1 saturated heterocycles. The fraction of sp³-hybridized carbons (Fsp3) is 0.714. The van der Waals surface area contributed by atoms with Crippen molar-refractivity contribution in [2.24, 2.45) is 21.5 Å². The average molecular weight is 202 g/mol. The van der Waals surface area contributed by atoms with Crippen molar-refractivity contribution in [1.82, 2.24) is 0 Å². The van der Waals surface area contributed by atoms with Gasteiger partial charge in [0.1, 0.15) is 12.4 Å². The first-order chi connectivity index (χ1) is 6.63. The Hall–Kier alpha value is -1.18. The van der Waals surface area contributed by atoms with Crippen LogP contribution in [0.5, 0.6) is 0 Å². The van der Waals surface area contributed by atoms with Crippen molar-refractivity contribution < 1.29 is 14.9 Å². The van der Waals surface area contributed by atoms with Gasteiger partial charge in [0, 0.05) is 6.42 Å². The van der Waals surface area contributed by atoms with Gasteiger partial charge in [0.15, 0.2) is 12.2 Å². The Morgan fingerprint density at radius 2 is 2.29 bits per heavy atom. The predicted molar refractivity (Wildman–Crippen MR) is 50.7 cm³/mol. The number of aliphatic imine (C=N–C) groups is 2. The highest BCUT2D eigenvalue weighted by atomic mass is 16.5. The number of ether oxygens (including phenoxy) is 1. The molecule has 7 nitrogen and oxygen atoms in total. The maximum absolute atomic E-state index is 9.32.